The Morgan fingerprint density at radius 2 is 2.03 bits per heavy atom. The van der Waals surface area contributed by atoms with Crippen LogP contribution in [0.25, 0.3) is 27.7 Å². The summed E-state index contributed by atoms with van der Waals surface area (Å²) in [4.78, 5) is 25.5. The van der Waals surface area contributed by atoms with Gasteiger partial charge in [0.05, 0.1) is 23.4 Å². The van der Waals surface area contributed by atoms with Gasteiger partial charge in [-0.3, -0.25) is 4.79 Å². The number of anilines is 1. The smallest absolute Gasteiger partial charge is 0.255 e. The number of methoxy groups -OCH3 is 1. The third-order valence-electron chi connectivity index (χ3n) is 6.63. The third-order valence-corrected chi connectivity index (χ3v) is 6.63. The van der Waals surface area contributed by atoms with Crippen molar-refractivity contribution in [3.63, 3.8) is 0 Å². The van der Waals surface area contributed by atoms with Crippen LogP contribution in [0.5, 0.6) is 0 Å². The molecular weight excluding hydrogens is 442 g/mol. The number of rotatable bonds is 6. The Hall–Kier alpha value is -3.46. The van der Waals surface area contributed by atoms with Crippen LogP contribution in [0.4, 0.5) is 5.95 Å². The van der Waals surface area contributed by atoms with Crippen molar-refractivity contribution in [2.45, 2.75) is 58.6 Å². The first-order valence-electron chi connectivity index (χ1n) is 12.2. The average Bonchev–Trinajstić information content (AvgIpc) is 3.46. The Kier molecular flexibility index (Phi) is 6.19. The van der Waals surface area contributed by atoms with E-state index in [9.17, 15) is 4.79 Å². The molecule has 1 amide bonds. The summed E-state index contributed by atoms with van der Waals surface area (Å²) in [6, 6.07) is 4.15. The molecule has 0 unspecified atom stereocenters. The number of nitrogens with zero attached hydrogens (tertiary/aromatic N) is 4. The Bertz CT molecular complexity index is 1340. The van der Waals surface area contributed by atoms with Crippen molar-refractivity contribution in [2.75, 3.05) is 19.0 Å². The fraction of sp³-hybridized carbons (Fsp3) is 0.462. The second-order valence-corrected chi connectivity index (χ2v) is 10.6. The summed E-state index contributed by atoms with van der Waals surface area (Å²) in [5.74, 6) is 0.514. The summed E-state index contributed by atoms with van der Waals surface area (Å²) < 4.78 is 7.18. The zero-order valence-electron chi connectivity index (χ0n) is 20.8. The van der Waals surface area contributed by atoms with Crippen LogP contribution >= 0.6 is 0 Å². The van der Waals surface area contributed by atoms with Crippen molar-refractivity contribution in [3.8, 4) is 11.1 Å². The lowest BCUT2D eigenvalue weighted by molar-refractivity contribution is 0.0599. The van der Waals surface area contributed by atoms with E-state index in [4.69, 9.17) is 4.74 Å². The van der Waals surface area contributed by atoms with E-state index in [1.165, 1.54) is 0 Å². The van der Waals surface area contributed by atoms with Crippen LogP contribution < -0.4 is 10.6 Å². The molecule has 0 radical (unpaired) electrons. The van der Waals surface area contributed by atoms with Gasteiger partial charge in [-0.05, 0) is 48.8 Å². The second kappa shape index (κ2) is 9.30. The molecule has 4 heterocycles. The predicted molar refractivity (Wildman–Crippen MR) is 137 cm³/mol. The van der Waals surface area contributed by atoms with Crippen LogP contribution in [0.2, 0.25) is 0 Å². The Balaban J connectivity index is 1.38. The van der Waals surface area contributed by atoms with Gasteiger partial charge in [0.2, 0.25) is 5.95 Å². The number of fused-ring (bicyclic) bond motifs is 2. The third kappa shape index (κ3) is 5.00. The van der Waals surface area contributed by atoms with Gasteiger partial charge in [0.15, 0.2) is 0 Å². The monoisotopic (exact) mass is 475 g/mol. The highest BCUT2D eigenvalue weighted by Crippen LogP contribution is 2.30. The molecule has 184 valence electrons. The van der Waals surface area contributed by atoms with Crippen molar-refractivity contribution in [1.82, 2.24) is 29.9 Å². The first-order chi connectivity index (χ1) is 16.8. The highest BCUT2D eigenvalue weighted by atomic mass is 16.5. The number of hydrogen-bond donors (Lipinski definition) is 3. The molecule has 0 aromatic carbocycles. The van der Waals surface area contributed by atoms with Crippen molar-refractivity contribution in [3.05, 3.63) is 42.5 Å². The summed E-state index contributed by atoms with van der Waals surface area (Å²) >= 11 is 0. The number of pyridine rings is 1. The van der Waals surface area contributed by atoms with Gasteiger partial charge >= 0.3 is 0 Å². The van der Waals surface area contributed by atoms with E-state index in [1.807, 2.05) is 30.7 Å². The fourth-order valence-corrected chi connectivity index (χ4v) is 4.60. The molecule has 1 saturated carbocycles. The molecule has 9 heteroatoms. The molecule has 4 aromatic rings. The van der Waals surface area contributed by atoms with E-state index in [-0.39, 0.29) is 17.4 Å². The van der Waals surface area contributed by atoms with Gasteiger partial charge < -0.3 is 20.4 Å². The molecule has 1 fully saturated rings. The van der Waals surface area contributed by atoms with Gasteiger partial charge in [-0.25, -0.2) is 9.50 Å². The van der Waals surface area contributed by atoms with Crippen molar-refractivity contribution < 1.29 is 9.53 Å². The van der Waals surface area contributed by atoms with Crippen LogP contribution in [0.15, 0.2) is 36.9 Å². The van der Waals surface area contributed by atoms with E-state index in [0.717, 1.165) is 59.9 Å². The molecular formula is C26H33N7O2. The quantitative estimate of drug-likeness (QED) is 0.381. The highest BCUT2D eigenvalue weighted by Gasteiger charge is 2.24. The minimum Gasteiger partial charge on any atom is -0.381 e. The van der Waals surface area contributed by atoms with Crippen molar-refractivity contribution in [2.24, 2.45) is 5.41 Å². The highest BCUT2D eigenvalue weighted by molar-refractivity contribution is 6.02. The lowest BCUT2D eigenvalue weighted by atomic mass is 9.93. The summed E-state index contributed by atoms with van der Waals surface area (Å²) in [6.07, 6.45) is 11.4. The molecule has 0 bridgehead atoms. The summed E-state index contributed by atoms with van der Waals surface area (Å²) in [6.45, 7) is 7.28. The number of carbonyl (C=O) groups excluding carboxylic acids is 1. The zero-order valence-corrected chi connectivity index (χ0v) is 20.8. The van der Waals surface area contributed by atoms with Crippen molar-refractivity contribution >= 4 is 28.4 Å². The van der Waals surface area contributed by atoms with Gasteiger partial charge in [0.25, 0.3) is 5.91 Å². The predicted octanol–water partition coefficient (Wildman–Crippen LogP) is 4.42. The minimum absolute atomic E-state index is 0.0881. The molecule has 1 aliphatic carbocycles. The van der Waals surface area contributed by atoms with Crippen LogP contribution in [0.1, 0.15) is 56.8 Å². The first kappa shape index (κ1) is 23.3. The minimum atomic E-state index is -0.0881. The molecule has 0 aliphatic heterocycles. The first-order valence-corrected chi connectivity index (χ1v) is 12.2. The molecule has 3 N–H and O–H groups in total. The molecule has 0 atom stereocenters. The number of amides is 1. The molecule has 35 heavy (non-hydrogen) atoms. The summed E-state index contributed by atoms with van der Waals surface area (Å²) in [5, 5.41) is 11.8. The maximum atomic E-state index is 13.1. The molecule has 5 rings (SSSR count). The van der Waals surface area contributed by atoms with Gasteiger partial charge in [0.1, 0.15) is 5.65 Å². The number of aromatic amines is 1. The van der Waals surface area contributed by atoms with E-state index in [2.05, 4.69) is 51.5 Å². The number of carbonyl (C=O) groups is 1. The van der Waals surface area contributed by atoms with E-state index >= 15 is 0 Å². The Labute approximate surface area is 204 Å². The maximum Gasteiger partial charge on any atom is 0.255 e. The summed E-state index contributed by atoms with van der Waals surface area (Å²) in [5.41, 5.74) is 4.19. The lowest BCUT2D eigenvalue weighted by Crippen LogP contribution is -2.38. The molecule has 0 spiro atoms. The number of ether oxygens (including phenoxy) is 1. The van der Waals surface area contributed by atoms with E-state index in [0.29, 0.717) is 17.6 Å². The number of nitrogens with one attached hydrogen (secondary N) is 3. The number of H-pyrrole nitrogens is 1. The molecule has 1 aliphatic rings. The molecule has 4 aromatic heterocycles. The van der Waals surface area contributed by atoms with E-state index < -0.39 is 0 Å². The van der Waals surface area contributed by atoms with Crippen LogP contribution in [0.3, 0.4) is 0 Å². The Morgan fingerprint density at radius 3 is 2.77 bits per heavy atom. The van der Waals surface area contributed by atoms with Crippen LogP contribution in [-0.4, -0.2) is 56.3 Å². The van der Waals surface area contributed by atoms with Crippen LogP contribution in [-0.2, 0) is 4.74 Å². The van der Waals surface area contributed by atoms with Gasteiger partial charge in [-0.2, -0.15) is 10.1 Å². The maximum absolute atomic E-state index is 13.1. The second-order valence-electron chi connectivity index (χ2n) is 10.6. The van der Waals surface area contributed by atoms with Gasteiger partial charge in [0, 0.05) is 49.2 Å². The number of aromatic nitrogens is 5. The number of hydrogen-bond acceptors (Lipinski definition) is 6. The normalized spacial score (nSPS) is 18.7. The van der Waals surface area contributed by atoms with Crippen molar-refractivity contribution in [1.29, 1.82) is 0 Å². The largest absolute Gasteiger partial charge is 0.381 e. The Morgan fingerprint density at radius 1 is 1.23 bits per heavy atom. The standard InChI is InChI=1S/C26H33N7O2/c1-26(2,3)15-29-25-28-13-20-19(12-27-23(20)32-25)16-9-10-33-22(11-16)21(14-30-33)24(34)31-17-5-7-18(35-4)8-6-17/h9-14,17-18H,5-8,15H2,1-4H3,(H,31,34)(H2,27,28,29,32). The van der Waals surface area contributed by atoms with Crippen LogP contribution in [0, 0.1) is 5.41 Å². The van der Waals surface area contributed by atoms with Gasteiger partial charge in [-0.15, -0.1) is 0 Å². The summed E-state index contributed by atoms with van der Waals surface area (Å²) in [7, 11) is 1.75. The topological polar surface area (TPSA) is 109 Å². The lowest BCUT2D eigenvalue weighted by Gasteiger charge is -2.28. The molecule has 9 nitrogen and oxygen atoms in total. The van der Waals surface area contributed by atoms with E-state index in [1.54, 1.807) is 17.8 Å². The zero-order chi connectivity index (χ0) is 24.6. The van der Waals surface area contributed by atoms with Gasteiger partial charge in [-0.1, -0.05) is 20.8 Å². The SMILES string of the molecule is COC1CCC(NC(=O)c2cnn3ccc(-c4c[nH]c5nc(NCC(C)(C)C)ncc45)cc23)CC1. The molecule has 0 saturated heterocycles. The fourth-order valence-electron chi connectivity index (χ4n) is 4.60. The average molecular weight is 476 g/mol.